The maximum absolute atomic E-state index is 13.2. The first-order valence-corrected chi connectivity index (χ1v) is 8.93. The number of aromatic nitrogens is 4. The largest absolute Gasteiger partial charge is 0.306 e. The molecule has 1 aliphatic heterocycles. The van der Waals surface area contributed by atoms with Crippen molar-refractivity contribution in [1.29, 1.82) is 0 Å². The van der Waals surface area contributed by atoms with E-state index in [-0.39, 0.29) is 5.82 Å². The second-order valence-corrected chi connectivity index (χ2v) is 6.93. The van der Waals surface area contributed by atoms with Crippen LogP contribution in [0.1, 0.15) is 35.8 Å². The molecule has 0 spiro atoms. The monoisotopic (exact) mass is 351 g/mol. The Balaban J connectivity index is 1.54. The lowest BCUT2D eigenvalue weighted by Gasteiger charge is -2.29. The summed E-state index contributed by atoms with van der Waals surface area (Å²) in [6, 6.07) is 4.92. The molecule has 0 radical (unpaired) electrons. The molecule has 4 rings (SSSR count). The summed E-state index contributed by atoms with van der Waals surface area (Å²) in [7, 11) is 2.17. The third kappa shape index (κ3) is 3.37. The first kappa shape index (κ1) is 16.8. The molecule has 0 aliphatic carbocycles. The van der Waals surface area contributed by atoms with Crippen molar-refractivity contribution in [3.05, 3.63) is 53.4 Å². The molecule has 1 aliphatic rings. The lowest BCUT2D eigenvalue weighted by molar-refractivity contribution is 0.210. The highest BCUT2D eigenvalue weighted by Crippen LogP contribution is 2.24. The average molecular weight is 351 g/mol. The minimum absolute atomic E-state index is 0.299. The van der Waals surface area contributed by atoms with Crippen LogP contribution in [0, 0.1) is 12.7 Å². The molecule has 3 aromatic rings. The summed E-state index contributed by atoms with van der Waals surface area (Å²) in [5.74, 6) is -0.299. The molecule has 6 heteroatoms. The van der Waals surface area contributed by atoms with Crippen molar-refractivity contribution in [3.8, 4) is 0 Å². The fraction of sp³-hybridized carbons (Fsp3) is 0.350. The van der Waals surface area contributed by atoms with E-state index in [1.807, 2.05) is 18.3 Å². The van der Waals surface area contributed by atoms with E-state index in [0.29, 0.717) is 17.1 Å². The first-order valence-electron chi connectivity index (χ1n) is 8.93. The molecule has 0 saturated carbocycles. The summed E-state index contributed by atoms with van der Waals surface area (Å²) in [6.07, 6.45) is 9.79. The minimum Gasteiger partial charge on any atom is -0.306 e. The molecular weight excluding hydrogens is 329 g/mol. The lowest BCUT2D eigenvalue weighted by Crippen LogP contribution is -2.32. The third-order valence-electron chi connectivity index (χ3n) is 5.07. The molecule has 2 aromatic heterocycles. The Morgan fingerprint density at radius 2 is 1.92 bits per heavy atom. The molecule has 0 N–H and O–H groups in total. The molecule has 0 unspecified atom stereocenters. The standard InChI is InChI=1S/C20H22FN5/c1-14-15(12-23-26(14)18-7-9-25(2)10-8-18)3-5-17-13-22-20-11-16(21)4-6-19(20)24-17/h3-6,11-13,18H,7-10H2,1-2H3. The lowest BCUT2D eigenvalue weighted by atomic mass is 10.1. The number of nitrogens with zero attached hydrogens (tertiary/aromatic N) is 5. The van der Waals surface area contributed by atoms with Crippen molar-refractivity contribution in [1.82, 2.24) is 24.6 Å². The van der Waals surface area contributed by atoms with E-state index in [1.165, 1.54) is 17.8 Å². The number of rotatable bonds is 3. The van der Waals surface area contributed by atoms with Crippen LogP contribution < -0.4 is 0 Å². The van der Waals surface area contributed by atoms with Crippen LogP contribution in [0.3, 0.4) is 0 Å². The van der Waals surface area contributed by atoms with Gasteiger partial charge in [0.1, 0.15) is 5.82 Å². The van der Waals surface area contributed by atoms with E-state index >= 15 is 0 Å². The minimum atomic E-state index is -0.299. The van der Waals surface area contributed by atoms with Crippen LogP contribution in [-0.2, 0) is 0 Å². The zero-order chi connectivity index (χ0) is 18.1. The number of benzene rings is 1. The zero-order valence-corrected chi connectivity index (χ0v) is 15.1. The molecule has 0 atom stereocenters. The Labute approximate surface area is 152 Å². The van der Waals surface area contributed by atoms with Gasteiger partial charge in [-0.3, -0.25) is 9.67 Å². The summed E-state index contributed by atoms with van der Waals surface area (Å²) in [4.78, 5) is 11.2. The van der Waals surface area contributed by atoms with Gasteiger partial charge in [-0.1, -0.05) is 0 Å². The molecule has 5 nitrogen and oxygen atoms in total. The summed E-state index contributed by atoms with van der Waals surface area (Å²) in [5, 5.41) is 4.61. The molecule has 26 heavy (non-hydrogen) atoms. The maximum Gasteiger partial charge on any atom is 0.125 e. The van der Waals surface area contributed by atoms with Gasteiger partial charge in [0.15, 0.2) is 0 Å². The van der Waals surface area contributed by atoms with Gasteiger partial charge in [0, 0.05) is 17.3 Å². The molecule has 0 amide bonds. The van der Waals surface area contributed by atoms with Gasteiger partial charge in [-0.25, -0.2) is 9.37 Å². The highest BCUT2D eigenvalue weighted by Gasteiger charge is 2.20. The van der Waals surface area contributed by atoms with Gasteiger partial charge in [0.25, 0.3) is 0 Å². The van der Waals surface area contributed by atoms with Gasteiger partial charge in [0.05, 0.1) is 35.2 Å². The van der Waals surface area contributed by atoms with E-state index in [0.717, 1.165) is 37.2 Å². The molecule has 0 bridgehead atoms. The van der Waals surface area contributed by atoms with Crippen LogP contribution in [0.15, 0.2) is 30.6 Å². The maximum atomic E-state index is 13.2. The molecule has 3 heterocycles. The van der Waals surface area contributed by atoms with E-state index in [2.05, 4.69) is 38.6 Å². The Hall–Kier alpha value is -2.60. The van der Waals surface area contributed by atoms with Crippen molar-refractivity contribution in [2.24, 2.45) is 0 Å². The van der Waals surface area contributed by atoms with Crippen LogP contribution in [0.25, 0.3) is 23.2 Å². The number of likely N-dealkylation sites (tertiary alicyclic amines) is 1. The Bertz CT molecular complexity index is 954. The Morgan fingerprint density at radius 1 is 1.12 bits per heavy atom. The van der Waals surface area contributed by atoms with Crippen molar-refractivity contribution in [2.45, 2.75) is 25.8 Å². The molecule has 1 saturated heterocycles. The number of hydrogen-bond donors (Lipinski definition) is 0. The number of piperidine rings is 1. The second kappa shape index (κ2) is 6.96. The Kier molecular flexibility index (Phi) is 4.51. The highest BCUT2D eigenvalue weighted by atomic mass is 19.1. The average Bonchev–Trinajstić information content (AvgIpc) is 3.01. The van der Waals surface area contributed by atoms with Gasteiger partial charge < -0.3 is 4.90 Å². The fourth-order valence-corrected chi connectivity index (χ4v) is 3.46. The third-order valence-corrected chi connectivity index (χ3v) is 5.07. The van der Waals surface area contributed by atoms with Gasteiger partial charge in [0.2, 0.25) is 0 Å². The normalized spacial score (nSPS) is 16.7. The van der Waals surface area contributed by atoms with Crippen LogP contribution in [-0.4, -0.2) is 44.8 Å². The Morgan fingerprint density at radius 3 is 2.73 bits per heavy atom. The molecule has 1 fully saturated rings. The summed E-state index contributed by atoms with van der Waals surface area (Å²) < 4.78 is 15.4. The van der Waals surface area contributed by atoms with Gasteiger partial charge >= 0.3 is 0 Å². The van der Waals surface area contributed by atoms with Crippen molar-refractivity contribution < 1.29 is 4.39 Å². The molecular formula is C20H22FN5. The van der Waals surface area contributed by atoms with Crippen LogP contribution in [0.4, 0.5) is 4.39 Å². The van der Waals surface area contributed by atoms with Gasteiger partial charge in [-0.05, 0) is 64.2 Å². The topological polar surface area (TPSA) is 46.8 Å². The number of halogens is 1. The van der Waals surface area contributed by atoms with Crippen LogP contribution in [0.5, 0.6) is 0 Å². The quantitative estimate of drug-likeness (QED) is 0.722. The van der Waals surface area contributed by atoms with Crippen LogP contribution in [0.2, 0.25) is 0 Å². The van der Waals surface area contributed by atoms with Crippen molar-refractivity contribution in [2.75, 3.05) is 20.1 Å². The van der Waals surface area contributed by atoms with Crippen molar-refractivity contribution in [3.63, 3.8) is 0 Å². The molecule has 134 valence electrons. The van der Waals surface area contributed by atoms with E-state index < -0.39 is 0 Å². The van der Waals surface area contributed by atoms with Gasteiger partial charge in [-0.15, -0.1) is 0 Å². The van der Waals surface area contributed by atoms with E-state index in [9.17, 15) is 4.39 Å². The van der Waals surface area contributed by atoms with Crippen molar-refractivity contribution >= 4 is 23.2 Å². The van der Waals surface area contributed by atoms with Crippen LogP contribution >= 0.6 is 0 Å². The first-order chi connectivity index (χ1) is 12.6. The summed E-state index contributed by atoms with van der Waals surface area (Å²) in [5.41, 5.74) is 4.26. The number of hydrogen-bond acceptors (Lipinski definition) is 4. The molecule has 1 aromatic carbocycles. The summed E-state index contributed by atoms with van der Waals surface area (Å²) in [6.45, 7) is 4.34. The smallest absolute Gasteiger partial charge is 0.125 e. The zero-order valence-electron chi connectivity index (χ0n) is 15.1. The second-order valence-electron chi connectivity index (χ2n) is 6.93. The van der Waals surface area contributed by atoms with Gasteiger partial charge in [-0.2, -0.15) is 5.10 Å². The summed E-state index contributed by atoms with van der Waals surface area (Å²) >= 11 is 0. The highest BCUT2D eigenvalue weighted by molar-refractivity contribution is 5.77. The predicted molar refractivity (Wildman–Crippen MR) is 101 cm³/mol. The fourth-order valence-electron chi connectivity index (χ4n) is 3.46. The van der Waals surface area contributed by atoms with E-state index in [4.69, 9.17) is 0 Å². The number of fused-ring (bicyclic) bond motifs is 1. The SMILES string of the molecule is Cc1c(C=Cc2cnc3cc(F)ccc3n2)cnn1C1CCN(C)CC1. The van der Waals surface area contributed by atoms with E-state index in [1.54, 1.807) is 12.3 Å². The predicted octanol–water partition coefficient (Wildman–Crippen LogP) is 3.71.